The Balaban J connectivity index is 1.82. The summed E-state index contributed by atoms with van der Waals surface area (Å²) in [4.78, 5) is 10.6. The van der Waals surface area contributed by atoms with E-state index in [4.69, 9.17) is 9.84 Å². The normalized spacial score (nSPS) is 21.4. The number of aliphatic carboxylic acids is 1. The maximum atomic E-state index is 10.6. The van der Waals surface area contributed by atoms with Crippen LogP contribution in [0.5, 0.6) is 0 Å². The molecule has 120 valence electrons. The quantitative estimate of drug-likeness (QED) is 0.299. The molecule has 0 saturated carbocycles. The van der Waals surface area contributed by atoms with Crippen molar-refractivity contribution in [2.45, 2.75) is 83.3 Å². The second-order valence-corrected chi connectivity index (χ2v) is 5.75. The summed E-state index contributed by atoms with van der Waals surface area (Å²) in [7, 11) is 0. The van der Waals surface area contributed by atoms with Crippen LogP contribution in [0.2, 0.25) is 0 Å². The van der Waals surface area contributed by atoms with Crippen molar-refractivity contribution < 1.29 is 14.6 Å². The first-order valence-electron chi connectivity index (χ1n) is 8.44. The van der Waals surface area contributed by atoms with E-state index < -0.39 is 12.1 Å². The molecule has 3 nitrogen and oxygen atoms in total. The summed E-state index contributed by atoms with van der Waals surface area (Å²) < 4.78 is 5.06. The molecule has 2 atom stereocenters. The highest BCUT2D eigenvalue weighted by molar-refractivity contribution is 5.75. The zero-order valence-electron chi connectivity index (χ0n) is 13.3. The Hall–Kier alpha value is -1.09. The molecule has 0 bridgehead atoms. The Morgan fingerprint density at radius 2 is 1.67 bits per heavy atom. The van der Waals surface area contributed by atoms with Gasteiger partial charge in [0.05, 0.1) is 6.10 Å². The highest BCUT2D eigenvalue weighted by Gasteiger charge is 2.44. The van der Waals surface area contributed by atoms with Crippen LogP contribution in [0.3, 0.4) is 0 Å². The van der Waals surface area contributed by atoms with Gasteiger partial charge in [0, 0.05) is 0 Å². The van der Waals surface area contributed by atoms with Crippen molar-refractivity contribution in [2.75, 3.05) is 0 Å². The predicted molar refractivity (Wildman–Crippen MR) is 86.4 cm³/mol. The highest BCUT2D eigenvalue weighted by atomic mass is 16.6. The van der Waals surface area contributed by atoms with Crippen LogP contribution in [0.4, 0.5) is 0 Å². The number of carbonyl (C=O) groups is 1. The van der Waals surface area contributed by atoms with Gasteiger partial charge in [-0.1, -0.05) is 56.9 Å². The van der Waals surface area contributed by atoms with E-state index in [1.807, 2.05) is 0 Å². The van der Waals surface area contributed by atoms with Crippen molar-refractivity contribution in [1.29, 1.82) is 0 Å². The molecule has 0 spiro atoms. The van der Waals surface area contributed by atoms with E-state index in [2.05, 4.69) is 31.2 Å². The zero-order chi connectivity index (χ0) is 15.3. The molecule has 0 aromatic heterocycles. The van der Waals surface area contributed by atoms with Crippen LogP contribution < -0.4 is 0 Å². The molecule has 1 aliphatic heterocycles. The molecule has 0 aliphatic carbocycles. The second kappa shape index (κ2) is 11.6. The Labute approximate surface area is 129 Å². The number of allylic oxidation sites excluding steroid dienone is 4. The lowest BCUT2D eigenvalue weighted by atomic mass is 10.1. The minimum Gasteiger partial charge on any atom is -0.479 e. The number of hydrogen-bond donors (Lipinski definition) is 1. The van der Waals surface area contributed by atoms with Crippen LogP contribution in [0.1, 0.15) is 71.1 Å². The average molecular weight is 294 g/mol. The van der Waals surface area contributed by atoms with Crippen molar-refractivity contribution in [3.63, 3.8) is 0 Å². The van der Waals surface area contributed by atoms with E-state index in [-0.39, 0.29) is 6.10 Å². The molecule has 0 radical (unpaired) electrons. The van der Waals surface area contributed by atoms with Crippen LogP contribution in [-0.4, -0.2) is 23.3 Å². The van der Waals surface area contributed by atoms with Crippen LogP contribution in [0.15, 0.2) is 24.3 Å². The van der Waals surface area contributed by atoms with E-state index in [0.29, 0.717) is 0 Å². The first-order valence-corrected chi connectivity index (χ1v) is 8.44. The van der Waals surface area contributed by atoms with Gasteiger partial charge in [-0.3, -0.25) is 0 Å². The number of rotatable bonds is 13. The third-order valence-corrected chi connectivity index (χ3v) is 3.77. The molecule has 1 saturated heterocycles. The third-order valence-electron chi connectivity index (χ3n) is 3.77. The summed E-state index contributed by atoms with van der Waals surface area (Å²) in [6.07, 6.45) is 20.1. The summed E-state index contributed by atoms with van der Waals surface area (Å²) in [6.45, 7) is 2.23. The number of carboxylic acids is 1. The number of epoxide rings is 1. The van der Waals surface area contributed by atoms with Gasteiger partial charge in [-0.25, -0.2) is 4.79 Å². The van der Waals surface area contributed by atoms with E-state index in [1.54, 1.807) is 0 Å². The summed E-state index contributed by atoms with van der Waals surface area (Å²) >= 11 is 0. The fraction of sp³-hybridized carbons (Fsp3) is 0.722. The van der Waals surface area contributed by atoms with Gasteiger partial charge in [0.2, 0.25) is 0 Å². The Morgan fingerprint density at radius 3 is 2.24 bits per heavy atom. The SMILES string of the molecule is CCCCC/C=C\C/C=C\CCCCCC1OC1C(=O)O. The van der Waals surface area contributed by atoms with E-state index in [0.717, 1.165) is 32.1 Å². The van der Waals surface area contributed by atoms with Gasteiger partial charge in [0.25, 0.3) is 0 Å². The fourth-order valence-electron chi connectivity index (χ4n) is 2.38. The van der Waals surface area contributed by atoms with Gasteiger partial charge in [0.15, 0.2) is 6.10 Å². The second-order valence-electron chi connectivity index (χ2n) is 5.75. The van der Waals surface area contributed by atoms with Crippen molar-refractivity contribution in [1.82, 2.24) is 0 Å². The lowest BCUT2D eigenvalue weighted by molar-refractivity contribution is -0.138. The first-order chi connectivity index (χ1) is 10.3. The Morgan fingerprint density at radius 1 is 1.00 bits per heavy atom. The number of ether oxygens (including phenoxy) is 1. The van der Waals surface area contributed by atoms with Crippen LogP contribution in [0.25, 0.3) is 0 Å². The molecule has 0 aromatic carbocycles. The maximum absolute atomic E-state index is 10.6. The molecule has 1 aliphatic rings. The number of carboxylic acid groups (broad SMARTS) is 1. The zero-order valence-corrected chi connectivity index (χ0v) is 13.3. The van der Waals surface area contributed by atoms with Gasteiger partial charge in [-0.2, -0.15) is 0 Å². The Bertz CT molecular complexity index is 333. The molecule has 1 N–H and O–H groups in total. The minimum atomic E-state index is -0.814. The average Bonchev–Trinajstić information content (AvgIpc) is 3.24. The van der Waals surface area contributed by atoms with Crippen LogP contribution >= 0.6 is 0 Å². The van der Waals surface area contributed by atoms with Gasteiger partial charge >= 0.3 is 5.97 Å². The van der Waals surface area contributed by atoms with Crippen molar-refractivity contribution in [2.24, 2.45) is 0 Å². The molecule has 0 amide bonds. The molecular weight excluding hydrogens is 264 g/mol. The molecule has 21 heavy (non-hydrogen) atoms. The molecule has 1 heterocycles. The third kappa shape index (κ3) is 9.46. The summed E-state index contributed by atoms with van der Waals surface area (Å²) in [5.74, 6) is -0.814. The molecule has 0 aromatic rings. The van der Waals surface area contributed by atoms with Crippen LogP contribution in [-0.2, 0) is 9.53 Å². The monoisotopic (exact) mass is 294 g/mol. The Kier molecular flexibility index (Phi) is 9.88. The van der Waals surface area contributed by atoms with Crippen LogP contribution in [0, 0.1) is 0 Å². The highest BCUT2D eigenvalue weighted by Crippen LogP contribution is 2.27. The predicted octanol–water partition coefficient (Wildman–Crippen LogP) is 4.87. The topological polar surface area (TPSA) is 49.8 Å². The molecule has 1 rings (SSSR count). The minimum absolute atomic E-state index is 0.0177. The number of unbranched alkanes of at least 4 members (excludes halogenated alkanes) is 6. The lowest BCUT2D eigenvalue weighted by Crippen LogP contribution is -2.07. The summed E-state index contributed by atoms with van der Waals surface area (Å²) in [5.41, 5.74) is 0. The van der Waals surface area contributed by atoms with E-state index in [1.165, 1.54) is 32.1 Å². The van der Waals surface area contributed by atoms with E-state index >= 15 is 0 Å². The molecule has 1 fully saturated rings. The smallest absolute Gasteiger partial charge is 0.335 e. The van der Waals surface area contributed by atoms with Crippen molar-refractivity contribution in [3.8, 4) is 0 Å². The number of hydrogen-bond acceptors (Lipinski definition) is 2. The molecule has 3 heteroatoms. The standard InChI is InChI=1S/C18H30O3/c1-2-3-4-5-6-7-8-9-10-11-12-13-14-15-16-17(21-16)18(19)20/h6-7,9-10,16-17H,2-5,8,11-15H2,1H3,(H,19,20)/b7-6-,10-9-. The lowest BCUT2D eigenvalue weighted by Gasteiger charge is -1.96. The fourth-order valence-corrected chi connectivity index (χ4v) is 2.38. The largest absolute Gasteiger partial charge is 0.479 e. The van der Waals surface area contributed by atoms with Gasteiger partial charge in [0.1, 0.15) is 0 Å². The van der Waals surface area contributed by atoms with Gasteiger partial charge in [-0.15, -0.1) is 0 Å². The first kappa shape index (κ1) is 18.0. The molecular formula is C18H30O3. The van der Waals surface area contributed by atoms with Crippen molar-refractivity contribution in [3.05, 3.63) is 24.3 Å². The maximum Gasteiger partial charge on any atom is 0.335 e. The molecule has 2 unspecified atom stereocenters. The summed E-state index contributed by atoms with van der Waals surface area (Å²) in [5, 5.41) is 8.69. The van der Waals surface area contributed by atoms with E-state index in [9.17, 15) is 4.79 Å². The van der Waals surface area contributed by atoms with Crippen molar-refractivity contribution >= 4 is 5.97 Å². The summed E-state index contributed by atoms with van der Waals surface area (Å²) in [6, 6.07) is 0. The van der Waals surface area contributed by atoms with Gasteiger partial charge < -0.3 is 9.84 Å². The van der Waals surface area contributed by atoms with Gasteiger partial charge in [-0.05, 0) is 38.5 Å².